The van der Waals surface area contributed by atoms with Crippen LogP contribution in [0, 0.1) is 48.5 Å². The van der Waals surface area contributed by atoms with E-state index in [9.17, 15) is 15.0 Å². The summed E-state index contributed by atoms with van der Waals surface area (Å²) < 4.78 is 2.32. The minimum absolute atomic E-state index is 0. The number of unbranched alkanes of at least 4 members (excludes halogenated alkanes) is 1. The molecule has 14 rings (SSSR count). The van der Waals surface area contributed by atoms with Gasteiger partial charge < -0.3 is 22.6 Å². The average Bonchev–Trinajstić information content (AvgIpc) is 1.70. The van der Waals surface area contributed by atoms with Crippen molar-refractivity contribution in [2.75, 3.05) is 0 Å². The van der Waals surface area contributed by atoms with E-state index in [0.29, 0.717) is 0 Å². The maximum atomic E-state index is 13.0. The summed E-state index contributed by atoms with van der Waals surface area (Å²) in [7, 11) is 0. The molecule has 0 spiro atoms. The van der Waals surface area contributed by atoms with Gasteiger partial charge in [0.25, 0.3) is 0 Å². The van der Waals surface area contributed by atoms with Crippen molar-refractivity contribution < 1.29 is 39.3 Å². The number of thiophene rings is 4. The molecule has 4 aromatic heterocycles. The number of aryl methyl sites for hydroxylation is 6. The van der Waals surface area contributed by atoms with Gasteiger partial charge in [0.05, 0.1) is 0 Å². The molecule has 0 saturated carbocycles. The van der Waals surface area contributed by atoms with E-state index in [4.69, 9.17) is 0 Å². The Labute approximate surface area is 610 Å². The molecule has 11 heteroatoms. The molecule has 0 atom stereocenters. The normalized spacial score (nSPS) is 11.1. The molecule has 96 heavy (non-hydrogen) atoms. The number of aliphatic hydroxyl groups is 2. The van der Waals surface area contributed by atoms with Crippen LogP contribution in [0.5, 0.6) is 0 Å². The van der Waals surface area contributed by atoms with Crippen LogP contribution in [0.3, 0.4) is 0 Å². The molecule has 14 aromatic rings. The molecule has 0 aliphatic rings. The Bertz CT molecular complexity index is 4470. The number of rotatable bonds is 13. The Morgan fingerprint density at radius 3 is 0.833 bits per heavy atom. The van der Waals surface area contributed by atoms with Crippen LogP contribution in [0.15, 0.2) is 273 Å². The van der Waals surface area contributed by atoms with E-state index in [-0.39, 0.29) is 30.1 Å². The van der Waals surface area contributed by atoms with E-state index in [1.165, 1.54) is 49.2 Å². The zero-order valence-corrected chi connectivity index (χ0v) is 61.7. The summed E-state index contributed by atoms with van der Waals surface area (Å²) in [6.45, 7) is 18.0. The van der Waals surface area contributed by atoms with Crippen LogP contribution >= 0.6 is 77.2 Å². The van der Waals surface area contributed by atoms with Crippen molar-refractivity contribution in [2.45, 2.75) is 72.5 Å². The number of halogens is 2. The number of benzene rings is 10. The third-order valence-corrected chi connectivity index (χ3v) is 22.7. The Morgan fingerprint density at radius 1 is 0.365 bits per heavy atom. The van der Waals surface area contributed by atoms with E-state index in [2.05, 4.69) is 241 Å². The van der Waals surface area contributed by atoms with Crippen molar-refractivity contribution >= 4 is 105 Å². The summed E-state index contributed by atoms with van der Waals surface area (Å²) in [6, 6.07) is 82.6. The second-order valence-electron chi connectivity index (χ2n) is 23.7. The molecule has 0 amide bonds. The van der Waals surface area contributed by atoms with Crippen LogP contribution in [0.1, 0.15) is 102 Å². The second kappa shape index (κ2) is 32.8. The summed E-state index contributed by atoms with van der Waals surface area (Å²) in [5, 5.41) is 39.1. The Morgan fingerprint density at radius 2 is 0.594 bits per heavy atom. The van der Waals surface area contributed by atoms with Crippen LogP contribution < -0.4 is 18.9 Å². The predicted molar refractivity (Wildman–Crippen MR) is 415 cm³/mol. The van der Waals surface area contributed by atoms with Crippen molar-refractivity contribution in [1.29, 1.82) is 0 Å². The smallest absolute Gasteiger partial charge is 0.412 e. The number of carbonyl (C=O) groups is 1. The first-order chi connectivity index (χ1) is 45.5. The number of fused-ring (bicyclic) bond motifs is 2. The SMILES string of the molecule is Brc1ccsc1-c1cccc2c(-c3sccc3Br)cccc12.Cc1ccc(C(=O)c2ccc(C)cc2)cc1.Cc1ccc(C(O)(c2ccc(C)cc2)c2ccsc2-c2cccc3c(-c4sccc4C(O)(c4ccc(C)cc4)c4ccc(C)cc4)cccc23)cc1.O.[CH2-]CCC.[Li+]. The van der Waals surface area contributed by atoms with E-state index in [1.54, 1.807) is 45.3 Å². The quantitative estimate of drug-likeness (QED) is 0.0685. The van der Waals surface area contributed by atoms with E-state index in [0.717, 1.165) is 114 Å². The molecule has 4 nitrogen and oxygen atoms in total. The zero-order chi connectivity index (χ0) is 66.1. The van der Waals surface area contributed by atoms with Crippen molar-refractivity contribution in [3.05, 3.63) is 358 Å². The van der Waals surface area contributed by atoms with Crippen molar-refractivity contribution in [3.8, 4) is 41.8 Å². The van der Waals surface area contributed by atoms with Gasteiger partial charge in [-0.15, -0.1) is 45.3 Å². The molecule has 478 valence electrons. The predicted octanol–water partition coefficient (Wildman–Crippen LogP) is 21.3. The molecular formula is C85H75Br2LiO4S4. The van der Waals surface area contributed by atoms with Crippen molar-refractivity contribution in [2.24, 2.45) is 0 Å². The van der Waals surface area contributed by atoms with Crippen molar-refractivity contribution in [3.63, 3.8) is 0 Å². The minimum atomic E-state index is -1.37. The van der Waals surface area contributed by atoms with Crippen LogP contribution in [0.2, 0.25) is 0 Å². The van der Waals surface area contributed by atoms with Gasteiger partial charge in [-0.05, 0) is 174 Å². The van der Waals surface area contributed by atoms with Gasteiger partial charge in [-0.2, -0.15) is 6.42 Å². The Balaban J connectivity index is 0.000000200. The third kappa shape index (κ3) is 15.6. The number of hydrogen-bond donors (Lipinski definition) is 2. The summed E-state index contributed by atoms with van der Waals surface area (Å²) in [4.78, 5) is 16.7. The zero-order valence-electron chi connectivity index (χ0n) is 55.2. The van der Waals surface area contributed by atoms with E-state index in [1.807, 2.05) is 111 Å². The Kier molecular flexibility index (Phi) is 24.9. The summed E-state index contributed by atoms with van der Waals surface area (Å²) >= 11 is 14.2. The fourth-order valence-electron chi connectivity index (χ4n) is 11.7. The molecule has 4 N–H and O–H groups in total. The minimum Gasteiger partial charge on any atom is -0.412 e. The van der Waals surface area contributed by atoms with Gasteiger partial charge >= 0.3 is 18.9 Å². The van der Waals surface area contributed by atoms with E-state index >= 15 is 0 Å². The number of hydrogen-bond acceptors (Lipinski definition) is 7. The van der Waals surface area contributed by atoms with Crippen molar-refractivity contribution in [1.82, 2.24) is 0 Å². The molecule has 10 aromatic carbocycles. The fourth-order valence-corrected chi connectivity index (χ4v) is 16.9. The molecule has 0 unspecified atom stereocenters. The molecule has 0 aliphatic heterocycles. The molecule has 0 bridgehead atoms. The van der Waals surface area contributed by atoms with E-state index < -0.39 is 11.2 Å². The van der Waals surface area contributed by atoms with Gasteiger partial charge in [-0.25, -0.2) is 0 Å². The van der Waals surface area contributed by atoms with Gasteiger partial charge in [0, 0.05) is 61.8 Å². The molecule has 0 saturated heterocycles. The summed E-state index contributed by atoms with van der Waals surface area (Å²) in [6.07, 6.45) is 2.28. The first-order valence-corrected chi connectivity index (χ1v) is 36.5. The molecule has 0 radical (unpaired) electrons. The monoisotopic (exact) mass is 1450 g/mol. The summed E-state index contributed by atoms with van der Waals surface area (Å²) in [5.74, 6) is 0.0833. The van der Waals surface area contributed by atoms with Gasteiger partial charge in [-0.1, -0.05) is 265 Å². The Hall–Kier alpha value is -7.37. The maximum Gasteiger partial charge on any atom is 1.00 e. The summed E-state index contributed by atoms with van der Waals surface area (Å²) in [5.41, 5.74) is 15.4. The van der Waals surface area contributed by atoms with Crippen LogP contribution in [-0.2, 0) is 11.2 Å². The first kappa shape index (κ1) is 72.9. The molecule has 0 fully saturated rings. The standard InChI is InChI=1S/C48H40O2S2.C18H10Br2S2.C15H14O.C4H9.Li.H2O/c1-31-11-19-35(20-12-31)47(49,36-21-13-32(2)14-22-36)43-27-29-51-45(43)41-9-5-8-40-39(41)7-6-10-42(40)46-44(28-30-52-46)48(50,37-23-15-33(3)16-24-37)38-25-17-34(4)18-26-38;19-15-7-9-21-17(15)13-5-1-3-11-12(13)4-2-6-14(11)18-16(20)8-10-22-18;1-11-3-7-13(8-4-11)15(16)14-9-5-12(2)6-10-14;1-3-4-2;;/h5-30,49-50H,1-4H3;1-10H;3-10H,1-2H3;1,3-4H2,2H3;;1H2/q;;;-1;+1;. The largest absolute Gasteiger partial charge is 1.00 e. The maximum absolute atomic E-state index is 13.0. The van der Waals surface area contributed by atoms with Gasteiger partial charge in [-0.3, -0.25) is 4.79 Å². The average molecular weight is 1460 g/mol. The topological polar surface area (TPSA) is 89.0 Å². The molecular weight excluding hydrogens is 1380 g/mol. The van der Waals surface area contributed by atoms with Crippen LogP contribution in [-0.4, -0.2) is 21.5 Å². The van der Waals surface area contributed by atoms with Crippen LogP contribution in [0.25, 0.3) is 63.3 Å². The van der Waals surface area contributed by atoms with Gasteiger partial charge in [0.15, 0.2) is 5.78 Å². The third-order valence-electron chi connectivity index (χ3n) is 17.0. The first-order valence-electron chi connectivity index (χ1n) is 31.4. The second-order valence-corrected chi connectivity index (χ2v) is 29.1. The molecule has 4 heterocycles. The number of carbonyl (C=O) groups excluding carboxylic acids is 1. The van der Waals surface area contributed by atoms with Crippen LogP contribution in [0.4, 0.5) is 0 Å². The van der Waals surface area contributed by atoms with Gasteiger partial charge in [0.2, 0.25) is 0 Å². The number of ketones is 1. The molecule has 0 aliphatic carbocycles. The fraction of sp³-hybridized carbons (Fsp3) is 0.129. The van der Waals surface area contributed by atoms with Gasteiger partial charge in [0.1, 0.15) is 11.2 Å².